The summed E-state index contributed by atoms with van der Waals surface area (Å²) in [5.41, 5.74) is 1.86. The minimum Gasteiger partial charge on any atom is -0.355 e. The van der Waals surface area contributed by atoms with Gasteiger partial charge in [0, 0.05) is 25.2 Å². The molecule has 0 saturated heterocycles. The minimum absolute atomic E-state index is 0.0506. The summed E-state index contributed by atoms with van der Waals surface area (Å²) in [6.07, 6.45) is 3.21. The van der Waals surface area contributed by atoms with Crippen molar-refractivity contribution >= 4 is 34.8 Å². The summed E-state index contributed by atoms with van der Waals surface area (Å²) in [5, 5.41) is 8.47. The van der Waals surface area contributed by atoms with Crippen molar-refractivity contribution in [3.63, 3.8) is 0 Å². The van der Waals surface area contributed by atoms with Gasteiger partial charge in [-0.15, -0.1) is 0 Å². The number of benzene rings is 1. The zero-order valence-corrected chi connectivity index (χ0v) is 14.6. The molecule has 3 rings (SSSR count). The van der Waals surface area contributed by atoms with Gasteiger partial charge in [-0.05, 0) is 31.9 Å². The first-order chi connectivity index (χ1) is 12.5. The highest BCUT2D eigenvalue weighted by atomic mass is 16.2. The van der Waals surface area contributed by atoms with Crippen LogP contribution in [0.2, 0.25) is 0 Å². The normalized spacial score (nSPS) is 13.0. The number of nitrogens with zero attached hydrogens (tertiary/aromatic N) is 1. The third kappa shape index (κ3) is 3.88. The zero-order chi connectivity index (χ0) is 18.7. The Morgan fingerprint density at radius 1 is 1.08 bits per heavy atom. The summed E-state index contributed by atoms with van der Waals surface area (Å²) in [6, 6.07) is 8.59. The van der Waals surface area contributed by atoms with Crippen LogP contribution in [-0.2, 0) is 4.79 Å². The molecule has 1 aromatic carbocycles. The monoisotopic (exact) mass is 352 g/mol. The third-order valence-electron chi connectivity index (χ3n) is 4.15. The van der Waals surface area contributed by atoms with Crippen molar-refractivity contribution in [2.24, 2.45) is 5.92 Å². The van der Waals surface area contributed by atoms with Crippen LogP contribution in [0.5, 0.6) is 0 Å². The van der Waals surface area contributed by atoms with Gasteiger partial charge < -0.3 is 16.0 Å². The molecule has 0 radical (unpaired) electrons. The number of hydrogen-bond donors (Lipinski definition) is 3. The van der Waals surface area contributed by atoms with Crippen molar-refractivity contribution in [3.05, 3.63) is 47.7 Å². The van der Waals surface area contributed by atoms with Gasteiger partial charge in [-0.25, -0.2) is 4.98 Å². The topological polar surface area (TPSA) is 100 Å². The van der Waals surface area contributed by atoms with E-state index in [1.54, 1.807) is 37.4 Å². The van der Waals surface area contributed by atoms with E-state index in [2.05, 4.69) is 20.9 Å². The first-order valence-corrected chi connectivity index (χ1v) is 8.39. The molecule has 0 bridgehead atoms. The molecule has 1 aromatic heterocycles. The summed E-state index contributed by atoms with van der Waals surface area (Å²) in [4.78, 5) is 40.1. The van der Waals surface area contributed by atoms with Crippen molar-refractivity contribution in [3.8, 4) is 0 Å². The molecule has 0 aliphatic heterocycles. The minimum atomic E-state index is -0.242. The SMILES string of the molecule is CNC(=O)c1ccccc1Nc1cc(NC(=O)C2CC2)ncc1C(C)=O. The molecular weight excluding hydrogens is 332 g/mol. The summed E-state index contributed by atoms with van der Waals surface area (Å²) < 4.78 is 0. The van der Waals surface area contributed by atoms with Crippen LogP contribution >= 0.6 is 0 Å². The second-order valence-corrected chi connectivity index (χ2v) is 6.18. The molecule has 1 fully saturated rings. The van der Waals surface area contributed by atoms with Gasteiger partial charge in [-0.3, -0.25) is 14.4 Å². The van der Waals surface area contributed by atoms with Gasteiger partial charge in [0.2, 0.25) is 5.91 Å². The maximum absolute atomic E-state index is 12.1. The fourth-order valence-electron chi connectivity index (χ4n) is 2.55. The Kier molecular flexibility index (Phi) is 4.97. The van der Waals surface area contributed by atoms with Crippen LogP contribution in [0.25, 0.3) is 0 Å². The second-order valence-electron chi connectivity index (χ2n) is 6.18. The molecule has 3 N–H and O–H groups in total. The van der Waals surface area contributed by atoms with E-state index in [1.165, 1.54) is 13.1 Å². The molecule has 7 heteroatoms. The summed E-state index contributed by atoms with van der Waals surface area (Å²) in [7, 11) is 1.55. The van der Waals surface area contributed by atoms with Crippen LogP contribution in [0.4, 0.5) is 17.2 Å². The lowest BCUT2D eigenvalue weighted by molar-refractivity contribution is -0.117. The van der Waals surface area contributed by atoms with Gasteiger partial charge in [0.05, 0.1) is 22.5 Å². The molecule has 7 nitrogen and oxygen atoms in total. The van der Waals surface area contributed by atoms with E-state index in [-0.39, 0.29) is 23.5 Å². The number of Topliss-reactive ketones (excluding diaryl/α,β-unsaturated/α-hetero) is 1. The molecule has 1 aliphatic carbocycles. The van der Waals surface area contributed by atoms with Crippen molar-refractivity contribution in [1.82, 2.24) is 10.3 Å². The lowest BCUT2D eigenvalue weighted by Gasteiger charge is -2.15. The highest BCUT2D eigenvalue weighted by Crippen LogP contribution is 2.31. The van der Waals surface area contributed by atoms with Crippen LogP contribution in [0, 0.1) is 5.92 Å². The van der Waals surface area contributed by atoms with E-state index in [0.29, 0.717) is 28.3 Å². The number of pyridine rings is 1. The summed E-state index contributed by atoms with van der Waals surface area (Å²) in [5.74, 6) is -0.0578. The predicted molar refractivity (Wildman–Crippen MR) is 98.7 cm³/mol. The second kappa shape index (κ2) is 7.35. The number of nitrogens with one attached hydrogen (secondary N) is 3. The fraction of sp³-hybridized carbons (Fsp3) is 0.263. The number of amides is 2. The molecule has 0 spiro atoms. The Labute approximate surface area is 151 Å². The number of aromatic nitrogens is 1. The average Bonchev–Trinajstić information content (AvgIpc) is 3.46. The van der Waals surface area contributed by atoms with Crippen molar-refractivity contribution in [2.45, 2.75) is 19.8 Å². The molecule has 2 aromatic rings. The van der Waals surface area contributed by atoms with E-state index >= 15 is 0 Å². The van der Waals surface area contributed by atoms with E-state index < -0.39 is 0 Å². The number of rotatable bonds is 6. The lowest BCUT2D eigenvalue weighted by atomic mass is 10.1. The van der Waals surface area contributed by atoms with Gasteiger partial charge in [0.25, 0.3) is 5.91 Å². The predicted octanol–water partition coefficient (Wildman–Crippen LogP) is 2.74. The Balaban J connectivity index is 1.93. The number of anilines is 3. The standard InChI is InChI=1S/C19H20N4O3/c1-11(24)14-10-21-17(23-18(25)12-7-8-12)9-16(14)22-15-6-4-3-5-13(15)19(26)20-2/h3-6,9-10,12H,7-8H2,1-2H3,(H,20,26)(H2,21,22,23,25). The molecule has 2 amide bonds. The Bertz CT molecular complexity index is 875. The van der Waals surface area contributed by atoms with Crippen LogP contribution < -0.4 is 16.0 Å². The molecule has 0 atom stereocenters. The largest absolute Gasteiger partial charge is 0.355 e. The molecule has 26 heavy (non-hydrogen) atoms. The highest BCUT2D eigenvalue weighted by Gasteiger charge is 2.30. The van der Waals surface area contributed by atoms with E-state index in [0.717, 1.165) is 12.8 Å². The number of carbonyl (C=O) groups is 3. The number of carbonyl (C=O) groups excluding carboxylic acids is 3. The Morgan fingerprint density at radius 2 is 1.81 bits per heavy atom. The molecular formula is C19H20N4O3. The fourth-order valence-corrected chi connectivity index (χ4v) is 2.55. The van der Waals surface area contributed by atoms with Crippen LogP contribution in [0.15, 0.2) is 36.5 Å². The average molecular weight is 352 g/mol. The zero-order valence-electron chi connectivity index (χ0n) is 14.6. The highest BCUT2D eigenvalue weighted by molar-refractivity contribution is 6.04. The van der Waals surface area contributed by atoms with E-state index in [1.807, 2.05) is 0 Å². The van der Waals surface area contributed by atoms with Crippen molar-refractivity contribution in [1.29, 1.82) is 0 Å². The first kappa shape index (κ1) is 17.6. The summed E-state index contributed by atoms with van der Waals surface area (Å²) >= 11 is 0. The van der Waals surface area contributed by atoms with Crippen LogP contribution in [-0.4, -0.2) is 29.6 Å². The van der Waals surface area contributed by atoms with Gasteiger partial charge in [0.1, 0.15) is 5.82 Å². The number of para-hydroxylation sites is 1. The van der Waals surface area contributed by atoms with Gasteiger partial charge >= 0.3 is 0 Å². The van der Waals surface area contributed by atoms with E-state index in [9.17, 15) is 14.4 Å². The van der Waals surface area contributed by atoms with E-state index in [4.69, 9.17) is 0 Å². The van der Waals surface area contributed by atoms with Crippen LogP contribution in [0.1, 0.15) is 40.5 Å². The molecule has 134 valence electrons. The maximum atomic E-state index is 12.1. The lowest BCUT2D eigenvalue weighted by Crippen LogP contribution is -2.19. The number of ketones is 1. The number of hydrogen-bond acceptors (Lipinski definition) is 5. The molecule has 1 heterocycles. The Hall–Kier alpha value is -3.22. The summed E-state index contributed by atoms with van der Waals surface area (Å²) in [6.45, 7) is 1.44. The van der Waals surface area contributed by atoms with Gasteiger partial charge in [-0.1, -0.05) is 12.1 Å². The Morgan fingerprint density at radius 3 is 2.46 bits per heavy atom. The first-order valence-electron chi connectivity index (χ1n) is 8.39. The molecule has 0 unspecified atom stereocenters. The molecule has 1 saturated carbocycles. The van der Waals surface area contributed by atoms with Crippen LogP contribution in [0.3, 0.4) is 0 Å². The molecule has 1 aliphatic rings. The smallest absolute Gasteiger partial charge is 0.253 e. The van der Waals surface area contributed by atoms with Crippen molar-refractivity contribution in [2.75, 3.05) is 17.7 Å². The third-order valence-corrected chi connectivity index (χ3v) is 4.15. The van der Waals surface area contributed by atoms with Gasteiger partial charge in [-0.2, -0.15) is 0 Å². The quantitative estimate of drug-likeness (QED) is 0.694. The van der Waals surface area contributed by atoms with Gasteiger partial charge in [0.15, 0.2) is 5.78 Å². The maximum Gasteiger partial charge on any atom is 0.253 e. The van der Waals surface area contributed by atoms with Crippen molar-refractivity contribution < 1.29 is 14.4 Å².